The standard InChI is InChI=1S/C15H19NO5/c1-11-8-16(9-12(2)21-11)14(17)10-20-15(18)6-5-13-4-3-7-19-13/h3-7,11-12H,8-10H2,1-2H3/b6-5+/t11-,12-/m1/s1. The number of nitrogens with zero attached hydrogens (tertiary/aromatic N) is 1. The van der Waals surface area contributed by atoms with Crippen LogP contribution in [0, 0.1) is 0 Å². The van der Waals surface area contributed by atoms with Gasteiger partial charge in [-0.3, -0.25) is 4.79 Å². The van der Waals surface area contributed by atoms with Gasteiger partial charge in [0.15, 0.2) is 6.61 Å². The molecule has 1 amide bonds. The highest BCUT2D eigenvalue weighted by molar-refractivity contribution is 5.88. The van der Waals surface area contributed by atoms with Gasteiger partial charge in [0.05, 0.1) is 18.5 Å². The fourth-order valence-electron chi connectivity index (χ4n) is 2.19. The van der Waals surface area contributed by atoms with Gasteiger partial charge < -0.3 is 18.8 Å². The molecule has 1 aliphatic heterocycles. The van der Waals surface area contributed by atoms with Crippen LogP contribution in [0.15, 0.2) is 28.9 Å². The van der Waals surface area contributed by atoms with E-state index in [1.807, 2.05) is 13.8 Å². The maximum absolute atomic E-state index is 12.0. The molecule has 1 saturated heterocycles. The Labute approximate surface area is 123 Å². The number of rotatable bonds is 4. The van der Waals surface area contributed by atoms with Crippen molar-refractivity contribution >= 4 is 18.0 Å². The first-order valence-corrected chi connectivity index (χ1v) is 6.86. The molecule has 21 heavy (non-hydrogen) atoms. The third-order valence-electron chi connectivity index (χ3n) is 3.04. The van der Waals surface area contributed by atoms with Crippen LogP contribution in [0.3, 0.4) is 0 Å². The number of furan rings is 1. The minimum atomic E-state index is -0.575. The van der Waals surface area contributed by atoms with Crippen LogP contribution in [-0.2, 0) is 19.1 Å². The van der Waals surface area contributed by atoms with Crippen molar-refractivity contribution in [2.24, 2.45) is 0 Å². The lowest BCUT2D eigenvalue weighted by atomic mass is 10.2. The number of carbonyl (C=O) groups is 2. The van der Waals surface area contributed by atoms with Crippen LogP contribution in [0.2, 0.25) is 0 Å². The molecule has 2 rings (SSSR count). The number of morpholine rings is 1. The summed E-state index contributed by atoms with van der Waals surface area (Å²) in [5, 5.41) is 0. The maximum Gasteiger partial charge on any atom is 0.331 e. The van der Waals surface area contributed by atoms with E-state index in [2.05, 4.69) is 0 Å². The topological polar surface area (TPSA) is 69.0 Å². The van der Waals surface area contributed by atoms with Crippen molar-refractivity contribution in [2.75, 3.05) is 19.7 Å². The van der Waals surface area contributed by atoms with Gasteiger partial charge in [0.2, 0.25) is 0 Å². The van der Waals surface area contributed by atoms with Gasteiger partial charge in [-0.15, -0.1) is 0 Å². The molecule has 1 aromatic heterocycles. The van der Waals surface area contributed by atoms with E-state index in [4.69, 9.17) is 13.9 Å². The quantitative estimate of drug-likeness (QED) is 0.621. The molecule has 0 radical (unpaired) electrons. The highest BCUT2D eigenvalue weighted by Crippen LogP contribution is 2.10. The molecule has 0 spiro atoms. The number of hydrogen-bond acceptors (Lipinski definition) is 5. The number of carbonyl (C=O) groups excluding carboxylic acids is 2. The second-order valence-electron chi connectivity index (χ2n) is 5.01. The van der Waals surface area contributed by atoms with Crippen LogP contribution in [-0.4, -0.2) is 48.7 Å². The zero-order valence-corrected chi connectivity index (χ0v) is 12.2. The fourth-order valence-corrected chi connectivity index (χ4v) is 2.19. The zero-order chi connectivity index (χ0) is 15.2. The average Bonchev–Trinajstić information content (AvgIpc) is 2.94. The van der Waals surface area contributed by atoms with Crippen LogP contribution in [0.4, 0.5) is 0 Å². The molecule has 0 N–H and O–H groups in total. The first kappa shape index (κ1) is 15.3. The van der Waals surface area contributed by atoms with E-state index in [9.17, 15) is 9.59 Å². The number of amides is 1. The van der Waals surface area contributed by atoms with Gasteiger partial charge in [-0.1, -0.05) is 0 Å². The predicted molar refractivity (Wildman–Crippen MR) is 75.3 cm³/mol. The van der Waals surface area contributed by atoms with Crippen molar-refractivity contribution in [3.63, 3.8) is 0 Å². The van der Waals surface area contributed by atoms with Crippen LogP contribution in [0.25, 0.3) is 6.08 Å². The normalized spacial score (nSPS) is 22.5. The molecule has 2 atom stereocenters. The molecular formula is C15H19NO5. The zero-order valence-electron chi connectivity index (χ0n) is 12.2. The summed E-state index contributed by atoms with van der Waals surface area (Å²) in [4.78, 5) is 25.1. The van der Waals surface area contributed by atoms with Crippen molar-refractivity contribution in [3.8, 4) is 0 Å². The van der Waals surface area contributed by atoms with Crippen LogP contribution in [0.1, 0.15) is 19.6 Å². The van der Waals surface area contributed by atoms with E-state index < -0.39 is 5.97 Å². The maximum atomic E-state index is 12.0. The van der Waals surface area contributed by atoms with E-state index in [0.717, 1.165) is 0 Å². The molecule has 6 heteroatoms. The third-order valence-corrected chi connectivity index (χ3v) is 3.04. The van der Waals surface area contributed by atoms with Crippen molar-refractivity contribution in [1.29, 1.82) is 0 Å². The van der Waals surface area contributed by atoms with Crippen molar-refractivity contribution in [3.05, 3.63) is 30.2 Å². The monoisotopic (exact) mass is 293 g/mol. The summed E-state index contributed by atoms with van der Waals surface area (Å²) >= 11 is 0. The minimum Gasteiger partial charge on any atom is -0.465 e. The Bertz CT molecular complexity index is 498. The number of ether oxygens (including phenoxy) is 2. The lowest BCUT2D eigenvalue weighted by molar-refractivity contribution is -0.154. The molecule has 2 heterocycles. The summed E-state index contributed by atoms with van der Waals surface area (Å²) in [7, 11) is 0. The van der Waals surface area contributed by atoms with Gasteiger partial charge in [-0.2, -0.15) is 0 Å². The molecule has 0 aliphatic carbocycles. The van der Waals surface area contributed by atoms with Crippen molar-refractivity contribution in [2.45, 2.75) is 26.1 Å². The second kappa shape index (κ2) is 7.08. The van der Waals surface area contributed by atoms with Gasteiger partial charge in [0.1, 0.15) is 5.76 Å². The Morgan fingerprint density at radius 1 is 1.38 bits per heavy atom. The number of hydrogen-bond donors (Lipinski definition) is 0. The van der Waals surface area contributed by atoms with Crippen LogP contribution >= 0.6 is 0 Å². The molecule has 0 aromatic carbocycles. The Morgan fingerprint density at radius 2 is 2.10 bits per heavy atom. The van der Waals surface area contributed by atoms with E-state index in [1.54, 1.807) is 17.0 Å². The summed E-state index contributed by atoms with van der Waals surface area (Å²) in [5.41, 5.74) is 0. The van der Waals surface area contributed by atoms with E-state index in [0.29, 0.717) is 18.8 Å². The van der Waals surface area contributed by atoms with Gasteiger partial charge in [0, 0.05) is 19.2 Å². The summed E-state index contributed by atoms with van der Waals surface area (Å²) in [6.45, 7) is 4.59. The Kier molecular flexibility index (Phi) is 5.16. The predicted octanol–water partition coefficient (Wildman–Crippen LogP) is 1.47. The fraction of sp³-hybridized carbons (Fsp3) is 0.467. The second-order valence-corrected chi connectivity index (χ2v) is 5.01. The molecule has 0 unspecified atom stereocenters. The van der Waals surface area contributed by atoms with E-state index in [-0.39, 0.29) is 24.7 Å². The molecule has 1 aliphatic rings. The third kappa shape index (κ3) is 4.75. The Balaban J connectivity index is 1.77. The summed E-state index contributed by atoms with van der Waals surface area (Å²) < 4.78 is 15.5. The molecule has 1 fully saturated rings. The van der Waals surface area contributed by atoms with E-state index in [1.165, 1.54) is 18.4 Å². The molecule has 0 saturated carbocycles. The largest absolute Gasteiger partial charge is 0.465 e. The SMILES string of the molecule is C[C@@H]1CN(C(=O)COC(=O)/C=C/c2ccco2)C[C@@H](C)O1. The van der Waals surface area contributed by atoms with Crippen LogP contribution in [0.5, 0.6) is 0 Å². The minimum absolute atomic E-state index is 0.00718. The average molecular weight is 293 g/mol. The number of esters is 1. The van der Waals surface area contributed by atoms with Gasteiger partial charge in [-0.05, 0) is 32.1 Å². The van der Waals surface area contributed by atoms with Gasteiger partial charge in [-0.25, -0.2) is 4.79 Å². The molecule has 0 bridgehead atoms. The highest BCUT2D eigenvalue weighted by atomic mass is 16.5. The molecular weight excluding hydrogens is 274 g/mol. The Hall–Kier alpha value is -2.08. The summed E-state index contributed by atoms with van der Waals surface area (Å²) in [5.74, 6) is -0.236. The highest BCUT2D eigenvalue weighted by Gasteiger charge is 2.26. The lowest BCUT2D eigenvalue weighted by Crippen LogP contribution is -2.49. The Morgan fingerprint density at radius 3 is 2.71 bits per heavy atom. The summed E-state index contributed by atoms with van der Waals surface area (Å²) in [6.07, 6.45) is 4.22. The summed E-state index contributed by atoms with van der Waals surface area (Å²) in [6, 6.07) is 3.43. The van der Waals surface area contributed by atoms with Gasteiger partial charge in [0.25, 0.3) is 5.91 Å². The smallest absolute Gasteiger partial charge is 0.331 e. The first-order chi connectivity index (χ1) is 10.0. The first-order valence-electron chi connectivity index (χ1n) is 6.86. The van der Waals surface area contributed by atoms with Crippen molar-refractivity contribution < 1.29 is 23.5 Å². The molecule has 1 aromatic rings. The molecule has 114 valence electrons. The van der Waals surface area contributed by atoms with E-state index >= 15 is 0 Å². The van der Waals surface area contributed by atoms with Gasteiger partial charge >= 0.3 is 5.97 Å². The molecule has 6 nitrogen and oxygen atoms in total. The lowest BCUT2D eigenvalue weighted by Gasteiger charge is -2.35. The van der Waals surface area contributed by atoms with Crippen molar-refractivity contribution in [1.82, 2.24) is 4.90 Å². The van der Waals surface area contributed by atoms with Crippen LogP contribution < -0.4 is 0 Å².